The molecule has 1 spiro atoms. The number of nitrogens with one attached hydrogen (secondary N) is 2. The van der Waals surface area contributed by atoms with Crippen molar-refractivity contribution < 1.29 is 15.0 Å². The third-order valence-electron chi connectivity index (χ3n) is 8.95. The van der Waals surface area contributed by atoms with E-state index in [1.165, 1.54) is 11.6 Å². The second-order valence-corrected chi connectivity index (χ2v) is 12.1. The summed E-state index contributed by atoms with van der Waals surface area (Å²) in [7, 11) is 0. The molecule has 4 aromatic rings. The van der Waals surface area contributed by atoms with E-state index in [4.69, 9.17) is 0 Å². The van der Waals surface area contributed by atoms with Crippen molar-refractivity contribution >= 4 is 23.1 Å². The first kappa shape index (κ1) is 26.5. The van der Waals surface area contributed by atoms with Crippen LogP contribution in [0.1, 0.15) is 36.4 Å². The van der Waals surface area contributed by atoms with Gasteiger partial charge in [0.05, 0.1) is 30.6 Å². The number of amides is 2. The molecule has 0 radical (unpaired) electrons. The topological polar surface area (TPSA) is 142 Å². The highest BCUT2D eigenvalue weighted by molar-refractivity contribution is 5.79. The first-order valence-corrected chi connectivity index (χ1v) is 14.2. The van der Waals surface area contributed by atoms with Crippen LogP contribution in [0.3, 0.4) is 0 Å². The molecule has 12 heteroatoms. The van der Waals surface area contributed by atoms with Crippen molar-refractivity contribution in [2.75, 3.05) is 49.1 Å². The normalized spacial score (nSPS) is 22.2. The maximum atomic E-state index is 12.8. The fraction of sp³-hybridized carbons (Fsp3) is 0.400. The molecule has 3 aliphatic heterocycles. The molecule has 3 aliphatic rings. The van der Waals surface area contributed by atoms with Crippen LogP contribution in [0.2, 0.25) is 0 Å². The Labute approximate surface area is 242 Å². The average Bonchev–Trinajstić information content (AvgIpc) is 3.68. The van der Waals surface area contributed by atoms with Gasteiger partial charge in [0.25, 0.3) is 0 Å². The summed E-state index contributed by atoms with van der Waals surface area (Å²) >= 11 is 0. The van der Waals surface area contributed by atoms with Crippen molar-refractivity contribution in [3.8, 4) is 0 Å². The van der Waals surface area contributed by atoms with Gasteiger partial charge in [0.1, 0.15) is 6.10 Å². The van der Waals surface area contributed by atoms with Gasteiger partial charge in [-0.25, -0.2) is 14.3 Å². The SMILES string of the molecule is C[C@]1(c2ccccc2)CCN(c2cc(CO)c3nc(C(O)CN4CC5(CN(c6cc[nH]c(=O)c6)C5)NC4=O)nn3c2)C1. The summed E-state index contributed by atoms with van der Waals surface area (Å²) in [5.41, 5.74) is 3.57. The Morgan fingerprint density at radius 3 is 2.60 bits per heavy atom. The Bertz CT molecular complexity index is 1700. The Kier molecular flexibility index (Phi) is 6.21. The number of anilines is 2. The molecule has 3 fully saturated rings. The monoisotopic (exact) mass is 570 g/mol. The van der Waals surface area contributed by atoms with E-state index in [9.17, 15) is 19.8 Å². The number of fused-ring (bicyclic) bond motifs is 1. The summed E-state index contributed by atoms with van der Waals surface area (Å²) in [6, 6.07) is 15.6. The molecule has 12 nitrogen and oxygen atoms in total. The van der Waals surface area contributed by atoms with Crippen LogP contribution >= 0.6 is 0 Å². The highest BCUT2D eigenvalue weighted by Gasteiger charge is 2.51. The fourth-order valence-electron chi connectivity index (χ4n) is 6.64. The van der Waals surface area contributed by atoms with Crippen LogP contribution in [-0.4, -0.2) is 85.5 Å². The molecule has 2 atom stereocenters. The van der Waals surface area contributed by atoms with Crippen LogP contribution in [0.15, 0.2) is 65.7 Å². The van der Waals surface area contributed by atoms with Gasteiger partial charge in [-0.2, -0.15) is 0 Å². The van der Waals surface area contributed by atoms with Gasteiger partial charge in [-0.05, 0) is 24.1 Å². The van der Waals surface area contributed by atoms with Crippen LogP contribution < -0.4 is 20.7 Å². The zero-order valence-corrected chi connectivity index (χ0v) is 23.4. The summed E-state index contributed by atoms with van der Waals surface area (Å²) < 4.78 is 1.62. The van der Waals surface area contributed by atoms with Gasteiger partial charge in [-0.1, -0.05) is 37.3 Å². The van der Waals surface area contributed by atoms with E-state index in [-0.39, 0.29) is 36.0 Å². The van der Waals surface area contributed by atoms with Crippen LogP contribution in [0, 0.1) is 0 Å². The molecule has 1 unspecified atom stereocenters. The summed E-state index contributed by atoms with van der Waals surface area (Å²) in [5, 5.41) is 28.9. The number of aromatic amines is 1. The lowest BCUT2D eigenvalue weighted by Crippen LogP contribution is -2.69. The maximum absolute atomic E-state index is 12.8. The third-order valence-corrected chi connectivity index (χ3v) is 8.95. The minimum absolute atomic E-state index is 0.0170. The second-order valence-electron chi connectivity index (χ2n) is 12.1. The first-order valence-electron chi connectivity index (χ1n) is 14.2. The highest BCUT2D eigenvalue weighted by atomic mass is 16.3. The van der Waals surface area contributed by atoms with Crippen molar-refractivity contribution in [3.63, 3.8) is 0 Å². The quantitative estimate of drug-likeness (QED) is 0.261. The zero-order chi connectivity index (χ0) is 29.1. The number of carbonyl (C=O) groups is 1. The molecule has 42 heavy (non-hydrogen) atoms. The number of benzene rings is 1. The number of H-pyrrole nitrogens is 1. The number of β-amino-alcohol motifs (C(OH)–C–C–N with tert-alkyl or cyclic N) is 1. The van der Waals surface area contributed by atoms with Crippen molar-refractivity contribution in [1.29, 1.82) is 0 Å². The number of nitrogens with zero attached hydrogens (tertiary/aromatic N) is 6. The lowest BCUT2D eigenvalue weighted by molar-refractivity contribution is 0.120. The first-order chi connectivity index (χ1) is 20.2. The molecule has 7 rings (SSSR count). The second kappa shape index (κ2) is 9.85. The Balaban J connectivity index is 1.05. The van der Waals surface area contributed by atoms with Crippen molar-refractivity contribution in [2.24, 2.45) is 0 Å². The van der Waals surface area contributed by atoms with Gasteiger partial charge in [0.2, 0.25) is 5.56 Å². The Hall–Kier alpha value is -4.42. The standard InChI is InChI=1S/C30H34N8O4/c1-29(21-5-3-2-4-6-21)8-10-35(16-29)23-11-20(15-39)27-32-26(34-38(27)13-23)24(40)14-36-17-30(33-28(36)42)18-37(19-30)22-7-9-31-25(41)12-22/h2-7,9,11-13,24,39-40H,8,10,14-19H2,1H3,(H,31,41)(H,33,42)/t24?,29-/m0/s1. The van der Waals surface area contributed by atoms with Crippen molar-refractivity contribution in [1.82, 2.24) is 29.8 Å². The number of aliphatic hydroxyl groups excluding tert-OH is 2. The smallest absolute Gasteiger partial charge is 0.318 e. The number of hydrogen-bond donors (Lipinski definition) is 4. The molecule has 1 aromatic carbocycles. The van der Waals surface area contributed by atoms with Gasteiger partial charge in [-0.3, -0.25) is 4.79 Å². The number of carbonyl (C=O) groups excluding carboxylic acids is 1. The summed E-state index contributed by atoms with van der Waals surface area (Å²) in [6.07, 6.45) is 3.41. The predicted molar refractivity (Wildman–Crippen MR) is 157 cm³/mol. The van der Waals surface area contributed by atoms with E-state index in [0.29, 0.717) is 30.8 Å². The van der Waals surface area contributed by atoms with E-state index in [1.54, 1.807) is 15.6 Å². The molecular weight excluding hydrogens is 536 g/mol. The Morgan fingerprint density at radius 2 is 1.83 bits per heavy atom. The van der Waals surface area contributed by atoms with Gasteiger partial charge in [0.15, 0.2) is 11.5 Å². The molecular formula is C30H34N8O4. The summed E-state index contributed by atoms with van der Waals surface area (Å²) in [6.45, 7) is 5.39. The van der Waals surface area contributed by atoms with Crippen molar-refractivity contribution in [3.05, 3.63) is 88.2 Å². The number of hydrogen-bond acceptors (Lipinski definition) is 8. The number of rotatable bonds is 7. The average molecular weight is 571 g/mol. The largest absolute Gasteiger partial charge is 0.392 e. The third kappa shape index (κ3) is 4.56. The zero-order valence-electron chi connectivity index (χ0n) is 23.4. The molecule has 2 amide bonds. The minimum atomic E-state index is -1.10. The molecule has 218 valence electrons. The van der Waals surface area contributed by atoms with E-state index in [2.05, 4.69) is 56.5 Å². The fourth-order valence-corrected chi connectivity index (χ4v) is 6.64. The van der Waals surface area contributed by atoms with Crippen LogP contribution in [0.4, 0.5) is 16.2 Å². The van der Waals surface area contributed by atoms with E-state index in [0.717, 1.165) is 30.9 Å². The number of pyridine rings is 2. The molecule has 3 aromatic heterocycles. The molecule has 0 bridgehead atoms. The van der Waals surface area contributed by atoms with Crippen LogP contribution in [0.25, 0.3) is 5.65 Å². The van der Waals surface area contributed by atoms with Crippen LogP contribution in [-0.2, 0) is 12.0 Å². The number of urea groups is 1. The van der Waals surface area contributed by atoms with Crippen LogP contribution in [0.5, 0.6) is 0 Å². The van der Waals surface area contributed by atoms with Crippen molar-refractivity contribution in [2.45, 2.75) is 37.0 Å². The summed E-state index contributed by atoms with van der Waals surface area (Å²) in [5.74, 6) is 0.199. The van der Waals surface area contributed by atoms with Gasteiger partial charge in [0, 0.05) is 61.7 Å². The van der Waals surface area contributed by atoms with E-state index >= 15 is 0 Å². The van der Waals surface area contributed by atoms with Gasteiger partial charge in [-0.15, -0.1) is 5.10 Å². The molecule has 0 aliphatic carbocycles. The van der Waals surface area contributed by atoms with E-state index in [1.807, 2.05) is 29.3 Å². The summed E-state index contributed by atoms with van der Waals surface area (Å²) in [4.78, 5) is 37.5. The lowest BCUT2D eigenvalue weighted by Gasteiger charge is -2.48. The molecule has 6 heterocycles. The Morgan fingerprint density at radius 1 is 1.02 bits per heavy atom. The van der Waals surface area contributed by atoms with E-state index < -0.39 is 11.6 Å². The maximum Gasteiger partial charge on any atom is 0.318 e. The van der Waals surface area contributed by atoms with Gasteiger partial charge < -0.3 is 35.2 Å². The highest BCUT2D eigenvalue weighted by Crippen LogP contribution is 2.37. The number of aromatic nitrogens is 4. The molecule has 0 saturated carbocycles. The predicted octanol–water partition coefficient (Wildman–Crippen LogP) is 1.40. The van der Waals surface area contributed by atoms with Gasteiger partial charge >= 0.3 is 6.03 Å². The minimum Gasteiger partial charge on any atom is -0.392 e. The number of aliphatic hydroxyl groups is 2. The molecule has 3 saturated heterocycles. The molecule has 4 N–H and O–H groups in total. The lowest BCUT2D eigenvalue weighted by atomic mass is 9.82.